The lowest BCUT2D eigenvalue weighted by Crippen LogP contribution is -2.44. The van der Waals surface area contributed by atoms with Gasteiger partial charge < -0.3 is 24.1 Å². The summed E-state index contributed by atoms with van der Waals surface area (Å²) < 4.78 is 8.51. The molecule has 4 aromatic heterocycles. The molecule has 2 aliphatic heterocycles. The monoisotopic (exact) mass is 484 g/mol. The lowest BCUT2D eigenvalue weighted by Gasteiger charge is -2.42. The molecule has 0 radical (unpaired) electrons. The second kappa shape index (κ2) is 8.30. The van der Waals surface area contributed by atoms with Gasteiger partial charge in [-0.3, -0.25) is 0 Å². The summed E-state index contributed by atoms with van der Waals surface area (Å²) in [6, 6.07) is 6.31. The fourth-order valence-corrected chi connectivity index (χ4v) is 6.31. The van der Waals surface area contributed by atoms with Crippen LogP contribution in [-0.4, -0.2) is 62.6 Å². The van der Waals surface area contributed by atoms with Gasteiger partial charge in [0.15, 0.2) is 11.7 Å². The fraction of sp³-hybridized carbons (Fsp3) is 0.481. The Bertz CT molecular complexity index is 1410. The van der Waals surface area contributed by atoms with Gasteiger partial charge in [-0.1, -0.05) is 19.3 Å². The second-order valence-electron chi connectivity index (χ2n) is 10.6. The molecular formula is C27H32N8O. The van der Waals surface area contributed by atoms with Crippen LogP contribution in [0.1, 0.15) is 43.7 Å². The van der Waals surface area contributed by atoms with Gasteiger partial charge in [0.25, 0.3) is 0 Å². The quantitative estimate of drug-likeness (QED) is 0.455. The predicted molar refractivity (Wildman–Crippen MR) is 140 cm³/mol. The molecule has 1 N–H and O–H groups in total. The van der Waals surface area contributed by atoms with Gasteiger partial charge in [-0.2, -0.15) is 4.98 Å². The van der Waals surface area contributed by atoms with Crippen LogP contribution < -0.4 is 10.2 Å². The molecule has 9 heteroatoms. The molecule has 1 saturated carbocycles. The predicted octanol–water partition coefficient (Wildman–Crippen LogP) is 4.50. The molecule has 186 valence electrons. The summed E-state index contributed by atoms with van der Waals surface area (Å²) in [6.45, 7) is 6.14. The normalized spacial score (nSPS) is 19.4. The topological polar surface area (TPSA) is 88.1 Å². The van der Waals surface area contributed by atoms with Gasteiger partial charge >= 0.3 is 0 Å². The molecule has 36 heavy (non-hydrogen) atoms. The third-order valence-corrected chi connectivity index (χ3v) is 8.19. The Kier molecular flexibility index (Phi) is 5.02. The fourth-order valence-electron chi connectivity index (χ4n) is 6.31. The number of rotatable bonds is 3. The molecule has 0 atom stereocenters. The van der Waals surface area contributed by atoms with E-state index in [4.69, 9.17) is 14.4 Å². The first-order valence-electron chi connectivity index (χ1n) is 13.1. The largest absolute Gasteiger partial charge is 0.439 e. The van der Waals surface area contributed by atoms with E-state index in [1.54, 1.807) is 0 Å². The number of piperazine rings is 1. The van der Waals surface area contributed by atoms with Crippen molar-refractivity contribution in [1.82, 2.24) is 29.4 Å². The summed E-state index contributed by atoms with van der Waals surface area (Å²) in [6.07, 6.45) is 10.8. The van der Waals surface area contributed by atoms with Gasteiger partial charge in [0, 0.05) is 51.1 Å². The summed E-state index contributed by atoms with van der Waals surface area (Å²) in [7, 11) is 2.17. The summed E-state index contributed by atoms with van der Waals surface area (Å²) in [5.41, 5.74) is 4.27. The van der Waals surface area contributed by atoms with Crippen molar-refractivity contribution in [1.29, 1.82) is 0 Å². The molecule has 1 spiro atoms. The first-order chi connectivity index (χ1) is 17.6. The average Bonchev–Trinajstić information content (AvgIpc) is 3.46. The number of hydrogen-bond acceptors (Lipinski definition) is 8. The van der Waals surface area contributed by atoms with E-state index in [0.29, 0.717) is 5.95 Å². The number of oxazole rings is 1. The number of anilines is 3. The van der Waals surface area contributed by atoms with Gasteiger partial charge in [-0.25, -0.2) is 15.0 Å². The zero-order valence-corrected chi connectivity index (χ0v) is 21.0. The van der Waals surface area contributed by atoms with E-state index in [0.717, 1.165) is 91.0 Å². The van der Waals surface area contributed by atoms with E-state index in [9.17, 15) is 0 Å². The van der Waals surface area contributed by atoms with Gasteiger partial charge in [-0.05, 0) is 38.1 Å². The SMILES string of the molecule is Cc1nc2c(o1)-c1cc3cnc(Nc4ccc(N5CCN(C)CC5)cn4)nc3n1C1(CCCCC1)C2. The molecule has 3 aliphatic rings. The number of likely N-dealkylation sites (N-methyl/N-ethyl adjacent to an activating group) is 1. The van der Waals surface area contributed by atoms with Crippen LogP contribution in [-0.2, 0) is 12.0 Å². The summed E-state index contributed by atoms with van der Waals surface area (Å²) in [5.74, 6) is 2.92. The second-order valence-corrected chi connectivity index (χ2v) is 10.6. The highest BCUT2D eigenvalue weighted by Gasteiger charge is 2.43. The summed E-state index contributed by atoms with van der Waals surface area (Å²) in [5, 5.41) is 4.36. The van der Waals surface area contributed by atoms with Gasteiger partial charge in [-0.15, -0.1) is 0 Å². The number of nitrogens with one attached hydrogen (secondary N) is 1. The number of fused-ring (bicyclic) bond motifs is 6. The van der Waals surface area contributed by atoms with Crippen molar-refractivity contribution in [2.24, 2.45) is 0 Å². The van der Waals surface area contributed by atoms with E-state index in [1.165, 1.54) is 19.3 Å². The maximum atomic E-state index is 6.08. The highest BCUT2D eigenvalue weighted by atomic mass is 16.4. The molecule has 2 fully saturated rings. The maximum Gasteiger partial charge on any atom is 0.230 e. The molecule has 1 aliphatic carbocycles. The Balaban J connectivity index is 1.23. The first-order valence-corrected chi connectivity index (χ1v) is 13.1. The molecule has 7 rings (SSSR count). The minimum atomic E-state index is -0.000318. The van der Waals surface area contributed by atoms with Crippen LogP contribution in [0.15, 0.2) is 35.0 Å². The molecule has 6 heterocycles. The molecule has 4 aromatic rings. The Morgan fingerprint density at radius 3 is 2.58 bits per heavy atom. The van der Waals surface area contributed by atoms with Crippen LogP contribution in [0, 0.1) is 6.92 Å². The van der Waals surface area contributed by atoms with Crippen LogP contribution in [0.25, 0.3) is 22.5 Å². The van der Waals surface area contributed by atoms with Crippen LogP contribution in [0.2, 0.25) is 0 Å². The Morgan fingerprint density at radius 1 is 0.972 bits per heavy atom. The Hall–Kier alpha value is -3.46. The standard InChI is InChI=1S/C27H32N8O/c1-18-30-21-15-27(8-4-3-5-9-27)35-22(24(21)36-18)14-19-16-29-26(32-25(19)35)31-23-7-6-20(17-28-23)34-12-10-33(2)11-13-34/h6-7,14,16-17H,3-5,8-13,15H2,1-2H3,(H,28,29,31,32). The van der Waals surface area contributed by atoms with Crippen molar-refractivity contribution >= 4 is 28.5 Å². The van der Waals surface area contributed by atoms with E-state index in [-0.39, 0.29) is 5.54 Å². The average molecular weight is 485 g/mol. The number of aromatic nitrogens is 5. The van der Waals surface area contributed by atoms with Gasteiger partial charge in [0.1, 0.15) is 11.5 Å². The van der Waals surface area contributed by atoms with Crippen LogP contribution in [0.5, 0.6) is 0 Å². The first kappa shape index (κ1) is 21.8. The number of hydrogen-bond donors (Lipinski definition) is 1. The Morgan fingerprint density at radius 2 is 1.81 bits per heavy atom. The van der Waals surface area contributed by atoms with Crippen LogP contribution >= 0.6 is 0 Å². The van der Waals surface area contributed by atoms with Crippen molar-refractivity contribution in [3.63, 3.8) is 0 Å². The van der Waals surface area contributed by atoms with Crippen molar-refractivity contribution in [3.8, 4) is 11.5 Å². The number of aryl methyl sites for hydroxylation is 1. The lowest BCUT2D eigenvalue weighted by molar-refractivity contribution is 0.192. The van der Waals surface area contributed by atoms with Gasteiger partial charge in [0.2, 0.25) is 5.95 Å². The van der Waals surface area contributed by atoms with Crippen molar-refractivity contribution in [2.75, 3.05) is 43.4 Å². The van der Waals surface area contributed by atoms with Crippen molar-refractivity contribution < 1.29 is 4.42 Å². The van der Waals surface area contributed by atoms with Crippen LogP contribution in [0.4, 0.5) is 17.5 Å². The maximum absolute atomic E-state index is 6.08. The minimum absolute atomic E-state index is 0.000318. The molecule has 0 unspecified atom stereocenters. The van der Waals surface area contributed by atoms with E-state index >= 15 is 0 Å². The minimum Gasteiger partial charge on any atom is -0.439 e. The molecule has 9 nitrogen and oxygen atoms in total. The third-order valence-electron chi connectivity index (χ3n) is 8.19. The molecule has 0 amide bonds. The number of nitrogens with zero attached hydrogens (tertiary/aromatic N) is 7. The van der Waals surface area contributed by atoms with E-state index in [1.807, 2.05) is 25.4 Å². The summed E-state index contributed by atoms with van der Waals surface area (Å²) >= 11 is 0. The molecule has 1 saturated heterocycles. The highest BCUT2D eigenvalue weighted by molar-refractivity contribution is 5.85. The van der Waals surface area contributed by atoms with E-state index in [2.05, 4.69) is 48.8 Å². The molecular weight excluding hydrogens is 452 g/mol. The molecule has 0 bridgehead atoms. The van der Waals surface area contributed by atoms with E-state index < -0.39 is 0 Å². The number of pyridine rings is 1. The molecule has 0 aromatic carbocycles. The highest BCUT2D eigenvalue weighted by Crippen LogP contribution is 2.48. The zero-order valence-electron chi connectivity index (χ0n) is 21.0. The van der Waals surface area contributed by atoms with Crippen molar-refractivity contribution in [3.05, 3.63) is 42.2 Å². The van der Waals surface area contributed by atoms with Crippen LogP contribution in [0.3, 0.4) is 0 Å². The third kappa shape index (κ3) is 3.56. The van der Waals surface area contributed by atoms with Gasteiger partial charge in [0.05, 0.1) is 28.8 Å². The summed E-state index contributed by atoms with van der Waals surface area (Å²) in [4.78, 5) is 23.8. The Labute approximate surface area is 210 Å². The van der Waals surface area contributed by atoms with Crippen molar-refractivity contribution in [2.45, 2.75) is 51.0 Å². The lowest BCUT2D eigenvalue weighted by atomic mass is 9.76. The smallest absolute Gasteiger partial charge is 0.230 e. The zero-order chi connectivity index (χ0) is 24.3.